The van der Waals surface area contributed by atoms with Gasteiger partial charge in [0.1, 0.15) is 5.82 Å². The fraction of sp³-hybridized carbons (Fsp3) is 0.214. The van der Waals surface area contributed by atoms with E-state index in [1.165, 1.54) is 12.1 Å². The molecule has 0 aliphatic rings. The first-order valence-corrected chi connectivity index (χ1v) is 7.87. The third-order valence-corrected chi connectivity index (χ3v) is 4.24. The van der Waals surface area contributed by atoms with Crippen molar-refractivity contribution in [2.75, 3.05) is 0 Å². The molecule has 1 unspecified atom stereocenters. The molecule has 7 heteroatoms. The fourth-order valence-electron chi connectivity index (χ4n) is 1.77. The number of amides is 2. The number of benzene rings is 1. The van der Waals surface area contributed by atoms with E-state index in [0.717, 1.165) is 5.56 Å². The van der Waals surface area contributed by atoms with E-state index in [0.29, 0.717) is 17.1 Å². The molecule has 2 amide bonds. The Kier molecular flexibility index (Phi) is 5.45. The molecule has 2 aromatic rings. The van der Waals surface area contributed by atoms with Gasteiger partial charge in [-0.1, -0.05) is 23.2 Å². The molecule has 0 fully saturated rings. The lowest BCUT2D eigenvalue weighted by molar-refractivity contribution is 0.237. The minimum Gasteiger partial charge on any atom is -0.334 e. The van der Waals surface area contributed by atoms with Crippen LogP contribution in [0.3, 0.4) is 0 Å². The number of nitrogens with one attached hydrogen (secondary N) is 2. The summed E-state index contributed by atoms with van der Waals surface area (Å²) in [7, 11) is 0. The van der Waals surface area contributed by atoms with Crippen LogP contribution in [-0.2, 0) is 6.54 Å². The molecule has 0 saturated heterocycles. The molecule has 0 radical (unpaired) electrons. The van der Waals surface area contributed by atoms with Gasteiger partial charge in [-0.15, -0.1) is 0 Å². The highest BCUT2D eigenvalue weighted by atomic mass is 35.5. The van der Waals surface area contributed by atoms with Gasteiger partial charge < -0.3 is 10.6 Å². The van der Waals surface area contributed by atoms with Crippen LogP contribution in [-0.4, -0.2) is 6.03 Å². The molecule has 1 aromatic carbocycles. The van der Waals surface area contributed by atoms with Crippen molar-refractivity contribution >= 4 is 40.6 Å². The largest absolute Gasteiger partial charge is 0.334 e. The van der Waals surface area contributed by atoms with Gasteiger partial charge in [0.25, 0.3) is 0 Å². The fourth-order valence-corrected chi connectivity index (χ4v) is 2.99. The summed E-state index contributed by atoms with van der Waals surface area (Å²) < 4.78 is 13.5. The lowest BCUT2D eigenvalue weighted by atomic mass is 10.1. The second-order valence-corrected chi connectivity index (χ2v) is 6.06. The molecule has 0 bridgehead atoms. The molecule has 21 heavy (non-hydrogen) atoms. The quantitative estimate of drug-likeness (QED) is 0.770. The van der Waals surface area contributed by atoms with Gasteiger partial charge in [0.2, 0.25) is 0 Å². The number of carbonyl (C=O) groups excluding carboxylic acids is 1. The number of halogens is 3. The molecule has 2 rings (SSSR count). The molecular weight excluding hydrogens is 334 g/mol. The van der Waals surface area contributed by atoms with Gasteiger partial charge in [-0.05, 0) is 47.0 Å². The van der Waals surface area contributed by atoms with Gasteiger partial charge in [0.05, 0.1) is 11.1 Å². The Morgan fingerprint density at radius 3 is 2.81 bits per heavy atom. The van der Waals surface area contributed by atoms with E-state index in [9.17, 15) is 9.18 Å². The minimum absolute atomic E-state index is 0.0436. The van der Waals surface area contributed by atoms with Crippen LogP contribution in [0.4, 0.5) is 9.18 Å². The topological polar surface area (TPSA) is 41.1 Å². The van der Waals surface area contributed by atoms with Crippen LogP contribution >= 0.6 is 34.5 Å². The van der Waals surface area contributed by atoms with E-state index in [1.807, 2.05) is 16.8 Å². The Balaban J connectivity index is 1.96. The summed E-state index contributed by atoms with van der Waals surface area (Å²) in [6.07, 6.45) is 0. The maximum Gasteiger partial charge on any atom is 0.315 e. The Morgan fingerprint density at radius 1 is 1.38 bits per heavy atom. The normalized spacial score (nSPS) is 12.0. The van der Waals surface area contributed by atoms with Crippen LogP contribution in [0.5, 0.6) is 0 Å². The Bertz CT molecular complexity index is 634. The molecule has 0 spiro atoms. The first-order valence-electron chi connectivity index (χ1n) is 6.17. The van der Waals surface area contributed by atoms with Crippen molar-refractivity contribution in [3.63, 3.8) is 0 Å². The number of thiophene rings is 1. The highest BCUT2D eigenvalue weighted by Gasteiger charge is 2.15. The van der Waals surface area contributed by atoms with E-state index < -0.39 is 11.9 Å². The van der Waals surface area contributed by atoms with Crippen LogP contribution < -0.4 is 10.6 Å². The monoisotopic (exact) mass is 346 g/mol. The third kappa shape index (κ3) is 4.33. The van der Waals surface area contributed by atoms with Crippen LogP contribution in [0.1, 0.15) is 24.1 Å². The highest BCUT2D eigenvalue weighted by Crippen LogP contribution is 2.28. The van der Waals surface area contributed by atoms with Crippen molar-refractivity contribution in [3.8, 4) is 0 Å². The molecule has 1 atom stereocenters. The van der Waals surface area contributed by atoms with E-state index in [-0.39, 0.29) is 11.1 Å². The van der Waals surface area contributed by atoms with E-state index in [1.54, 1.807) is 18.3 Å². The summed E-state index contributed by atoms with van der Waals surface area (Å²) >= 11 is 13.2. The lowest BCUT2D eigenvalue weighted by Crippen LogP contribution is -2.36. The molecule has 0 aliphatic carbocycles. The number of carbonyl (C=O) groups is 1. The molecule has 0 saturated carbocycles. The maximum atomic E-state index is 13.5. The minimum atomic E-state index is -0.566. The molecule has 1 aromatic heterocycles. The van der Waals surface area contributed by atoms with E-state index >= 15 is 0 Å². The highest BCUT2D eigenvalue weighted by molar-refractivity contribution is 7.07. The van der Waals surface area contributed by atoms with E-state index in [2.05, 4.69) is 10.6 Å². The first-order chi connectivity index (χ1) is 9.97. The van der Waals surface area contributed by atoms with Crippen LogP contribution in [0.25, 0.3) is 0 Å². The summed E-state index contributed by atoms with van der Waals surface area (Å²) in [6, 6.07) is 3.70. The van der Waals surface area contributed by atoms with Crippen LogP contribution in [0, 0.1) is 5.82 Å². The van der Waals surface area contributed by atoms with Gasteiger partial charge in [-0.25, -0.2) is 9.18 Å². The van der Waals surface area contributed by atoms with Gasteiger partial charge in [-0.2, -0.15) is 11.3 Å². The lowest BCUT2D eigenvalue weighted by Gasteiger charge is -2.16. The van der Waals surface area contributed by atoms with E-state index in [4.69, 9.17) is 23.2 Å². The zero-order valence-electron chi connectivity index (χ0n) is 11.1. The molecule has 3 nitrogen and oxygen atoms in total. The van der Waals surface area contributed by atoms with Crippen molar-refractivity contribution in [1.82, 2.24) is 10.6 Å². The molecular formula is C14H13Cl2FN2OS. The maximum absolute atomic E-state index is 13.5. The number of rotatable bonds is 4. The predicted octanol–water partition coefficient (Wildman–Crippen LogP) is 4.75. The second-order valence-electron chi connectivity index (χ2n) is 4.47. The SMILES string of the molecule is CC(NC(=O)NCc1ccsc1)c1cc(F)c(Cl)cc1Cl. The average molecular weight is 347 g/mol. The predicted molar refractivity (Wildman–Crippen MR) is 84.5 cm³/mol. The molecule has 2 N–H and O–H groups in total. The number of hydrogen-bond donors (Lipinski definition) is 2. The third-order valence-electron chi connectivity index (χ3n) is 2.89. The van der Waals surface area contributed by atoms with Gasteiger partial charge in [0, 0.05) is 11.6 Å². The van der Waals surface area contributed by atoms with Gasteiger partial charge in [-0.3, -0.25) is 0 Å². The zero-order chi connectivity index (χ0) is 15.4. The van der Waals surface area contributed by atoms with Crippen molar-refractivity contribution < 1.29 is 9.18 Å². The number of urea groups is 1. The van der Waals surface area contributed by atoms with Crippen LogP contribution in [0.2, 0.25) is 10.0 Å². The zero-order valence-corrected chi connectivity index (χ0v) is 13.4. The van der Waals surface area contributed by atoms with Gasteiger partial charge in [0.15, 0.2) is 0 Å². The summed E-state index contributed by atoms with van der Waals surface area (Å²) in [5.74, 6) is -0.566. The number of hydrogen-bond acceptors (Lipinski definition) is 2. The molecule has 0 aliphatic heterocycles. The Labute approximate surface area is 136 Å². The van der Waals surface area contributed by atoms with Crippen LogP contribution in [0.15, 0.2) is 29.0 Å². The molecule has 1 heterocycles. The standard InChI is InChI=1S/C14H13Cl2FN2OS/c1-8(10-4-13(17)12(16)5-11(10)15)19-14(20)18-6-9-2-3-21-7-9/h2-5,7-8H,6H2,1H3,(H2,18,19,20). The first kappa shape index (κ1) is 16.1. The van der Waals surface area contributed by atoms with Gasteiger partial charge >= 0.3 is 6.03 Å². The van der Waals surface area contributed by atoms with Crippen molar-refractivity contribution in [1.29, 1.82) is 0 Å². The Morgan fingerprint density at radius 2 is 2.14 bits per heavy atom. The van der Waals surface area contributed by atoms with Crippen molar-refractivity contribution in [2.24, 2.45) is 0 Å². The average Bonchev–Trinajstić information content (AvgIpc) is 2.93. The summed E-state index contributed by atoms with van der Waals surface area (Å²) in [5.41, 5.74) is 1.50. The van der Waals surface area contributed by atoms with Crippen molar-refractivity contribution in [2.45, 2.75) is 19.5 Å². The smallest absolute Gasteiger partial charge is 0.315 e. The Hall–Kier alpha value is -1.30. The van der Waals surface area contributed by atoms with Crippen molar-refractivity contribution in [3.05, 3.63) is 55.9 Å². The summed E-state index contributed by atoms with van der Waals surface area (Å²) in [5, 5.41) is 9.59. The summed E-state index contributed by atoms with van der Waals surface area (Å²) in [6.45, 7) is 2.16. The second kappa shape index (κ2) is 7.11. The molecule has 112 valence electrons. The summed E-state index contributed by atoms with van der Waals surface area (Å²) in [4.78, 5) is 11.8.